The van der Waals surface area contributed by atoms with E-state index in [4.69, 9.17) is 10.5 Å². The SMILES string of the molecule is COc1cnc2ccnc(N3CCC(N)CC3)c2n1. The third-order valence-electron chi connectivity index (χ3n) is 3.47. The van der Waals surface area contributed by atoms with Crippen LogP contribution in [-0.4, -0.2) is 41.2 Å². The zero-order valence-electron chi connectivity index (χ0n) is 10.9. The zero-order chi connectivity index (χ0) is 13.2. The summed E-state index contributed by atoms with van der Waals surface area (Å²) in [6.45, 7) is 1.82. The van der Waals surface area contributed by atoms with E-state index in [0.29, 0.717) is 11.9 Å². The van der Waals surface area contributed by atoms with Crippen molar-refractivity contribution in [3.05, 3.63) is 18.5 Å². The topological polar surface area (TPSA) is 77.2 Å². The van der Waals surface area contributed by atoms with E-state index in [2.05, 4.69) is 19.9 Å². The Morgan fingerprint density at radius 2 is 2.11 bits per heavy atom. The molecular formula is C13H17N5O. The van der Waals surface area contributed by atoms with Crippen molar-refractivity contribution >= 4 is 16.9 Å². The number of pyridine rings is 1. The van der Waals surface area contributed by atoms with Gasteiger partial charge in [-0.3, -0.25) is 0 Å². The van der Waals surface area contributed by atoms with E-state index in [9.17, 15) is 0 Å². The normalized spacial score (nSPS) is 16.8. The predicted octanol–water partition coefficient (Wildman–Crippen LogP) is 0.961. The third kappa shape index (κ3) is 2.31. The molecule has 0 radical (unpaired) electrons. The van der Waals surface area contributed by atoms with Crippen LogP contribution in [-0.2, 0) is 0 Å². The average molecular weight is 259 g/mol. The van der Waals surface area contributed by atoms with Crippen LogP contribution in [0.25, 0.3) is 11.0 Å². The van der Waals surface area contributed by atoms with Gasteiger partial charge in [-0.25, -0.2) is 15.0 Å². The molecule has 100 valence electrons. The number of piperidine rings is 1. The van der Waals surface area contributed by atoms with Crippen LogP contribution >= 0.6 is 0 Å². The fourth-order valence-electron chi connectivity index (χ4n) is 2.35. The van der Waals surface area contributed by atoms with E-state index < -0.39 is 0 Å². The molecule has 3 rings (SSSR count). The number of hydrogen-bond donors (Lipinski definition) is 1. The van der Waals surface area contributed by atoms with E-state index in [1.165, 1.54) is 0 Å². The molecule has 3 heterocycles. The van der Waals surface area contributed by atoms with Gasteiger partial charge < -0.3 is 15.4 Å². The summed E-state index contributed by atoms with van der Waals surface area (Å²) in [7, 11) is 1.59. The minimum Gasteiger partial charge on any atom is -0.480 e. The molecular weight excluding hydrogens is 242 g/mol. The molecule has 2 aromatic heterocycles. The summed E-state index contributed by atoms with van der Waals surface area (Å²) in [5.74, 6) is 1.38. The van der Waals surface area contributed by atoms with Gasteiger partial charge in [0, 0.05) is 25.3 Å². The van der Waals surface area contributed by atoms with Gasteiger partial charge in [0.15, 0.2) is 5.82 Å². The Bertz CT molecular complexity index is 580. The molecule has 1 fully saturated rings. The molecule has 0 amide bonds. The molecule has 0 unspecified atom stereocenters. The summed E-state index contributed by atoms with van der Waals surface area (Å²) in [5.41, 5.74) is 7.56. The van der Waals surface area contributed by atoms with Crippen LogP contribution in [0.15, 0.2) is 18.5 Å². The summed E-state index contributed by atoms with van der Waals surface area (Å²) in [6.07, 6.45) is 5.36. The molecule has 1 aliphatic rings. The minimum absolute atomic E-state index is 0.298. The Morgan fingerprint density at radius 1 is 1.32 bits per heavy atom. The van der Waals surface area contributed by atoms with Crippen molar-refractivity contribution in [2.45, 2.75) is 18.9 Å². The number of ether oxygens (including phenoxy) is 1. The Hall–Kier alpha value is -1.95. The van der Waals surface area contributed by atoms with Gasteiger partial charge in [-0.2, -0.15) is 0 Å². The van der Waals surface area contributed by atoms with Crippen molar-refractivity contribution in [1.29, 1.82) is 0 Å². The lowest BCUT2D eigenvalue weighted by Crippen LogP contribution is -2.40. The number of rotatable bonds is 2. The summed E-state index contributed by atoms with van der Waals surface area (Å²) in [5, 5.41) is 0. The molecule has 0 aliphatic carbocycles. The molecule has 0 atom stereocenters. The summed E-state index contributed by atoms with van der Waals surface area (Å²) in [4.78, 5) is 15.5. The van der Waals surface area contributed by atoms with Crippen molar-refractivity contribution in [3.63, 3.8) is 0 Å². The van der Waals surface area contributed by atoms with E-state index in [1.807, 2.05) is 6.07 Å². The van der Waals surface area contributed by atoms with E-state index in [0.717, 1.165) is 42.8 Å². The zero-order valence-corrected chi connectivity index (χ0v) is 10.9. The number of hydrogen-bond acceptors (Lipinski definition) is 6. The van der Waals surface area contributed by atoms with Crippen molar-refractivity contribution in [2.75, 3.05) is 25.1 Å². The smallest absolute Gasteiger partial charge is 0.232 e. The Kier molecular flexibility index (Phi) is 3.16. The molecule has 2 aromatic rings. The Morgan fingerprint density at radius 3 is 2.84 bits per heavy atom. The van der Waals surface area contributed by atoms with Crippen molar-refractivity contribution in [1.82, 2.24) is 15.0 Å². The molecule has 0 spiro atoms. The van der Waals surface area contributed by atoms with Gasteiger partial charge in [0.25, 0.3) is 0 Å². The van der Waals surface area contributed by atoms with E-state index in [-0.39, 0.29) is 0 Å². The highest BCUT2D eigenvalue weighted by Crippen LogP contribution is 2.25. The average Bonchev–Trinajstić information content (AvgIpc) is 2.47. The predicted molar refractivity (Wildman–Crippen MR) is 73.3 cm³/mol. The van der Waals surface area contributed by atoms with Crippen LogP contribution in [0.1, 0.15) is 12.8 Å². The number of methoxy groups -OCH3 is 1. The van der Waals surface area contributed by atoms with Gasteiger partial charge in [0.2, 0.25) is 5.88 Å². The molecule has 0 bridgehead atoms. The first-order valence-electron chi connectivity index (χ1n) is 6.44. The maximum atomic E-state index is 5.94. The molecule has 19 heavy (non-hydrogen) atoms. The fourth-order valence-corrected chi connectivity index (χ4v) is 2.35. The van der Waals surface area contributed by atoms with Gasteiger partial charge in [0.1, 0.15) is 5.52 Å². The van der Waals surface area contributed by atoms with Gasteiger partial charge >= 0.3 is 0 Å². The lowest BCUT2D eigenvalue weighted by molar-refractivity contribution is 0.397. The Balaban J connectivity index is 2.02. The van der Waals surface area contributed by atoms with Crippen LogP contribution in [0.4, 0.5) is 5.82 Å². The summed E-state index contributed by atoms with van der Waals surface area (Å²) >= 11 is 0. The number of fused-ring (bicyclic) bond motifs is 1. The Labute approximate surface area is 111 Å². The molecule has 6 nitrogen and oxygen atoms in total. The fraction of sp³-hybridized carbons (Fsp3) is 0.462. The maximum Gasteiger partial charge on any atom is 0.232 e. The molecule has 0 aromatic carbocycles. The first-order valence-corrected chi connectivity index (χ1v) is 6.44. The van der Waals surface area contributed by atoms with Gasteiger partial charge in [0.05, 0.1) is 18.8 Å². The van der Waals surface area contributed by atoms with E-state index >= 15 is 0 Å². The monoisotopic (exact) mass is 259 g/mol. The quantitative estimate of drug-likeness (QED) is 0.865. The lowest BCUT2D eigenvalue weighted by Gasteiger charge is -2.31. The van der Waals surface area contributed by atoms with E-state index in [1.54, 1.807) is 19.5 Å². The number of anilines is 1. The number of aromatic nitrogens is 3. The highest BCUT2D eigenvalue weighted by Gasteiger charge is 2.20. The standard InChI is InChI=1S/C13H17N5O/c1-19-11-8-16-10-2-5-15-13(12(10)17-11)18-6-3-9(14)4-7-18/h2,5,8-9H,3-4,6-7,14H2,1H3. The summed E-state index contributed by atoms with van der Waals surface area (Å²) < 4.78 is 5.14. The summed E-state index contributed by atoms with van der Waals surface area (Å²) in [6, 6.07) is 2.16. The highest BCUT2D eigenvalue weighted by molar-refractivity contribution is 5.85. The molecule has 2 N–H and O–H groups in total. The van der Waals surface area contributed by atoms with Crippen LogP contribution in [0.2, 0.25) is 0 Å². The van der Waals surface area contributed by atoms with Crippen LogP contribution in [0, 0.1) is 0 Å². The first-order chi connectivity index (χ1) is 9.28. The van der Waals surface area contributed by atoms with Gasteiger partial charge in [-0.1, -0.05) is 0 Å². The molecule has 1 saturated heterocycles. The largest absolute Gasteiger partial charge is 0.480 e. The number of nitrogens with two attached hydrogens (primary N) is 1. The second kappa shape index (κ2) is 4.97. The second-order valence-corrected chi connectivity index (χ2v) is 4.74. The third-order valence-corrected chi connectivity index (χ3v) is 3.47. The maximum absolute atomic E-state index is 5.94. The lowest BCUT2D eigenvalue weighted by atomic mass is 10.1. The van der Waals surface area contributed by atoms with Crippen molar-refractivity contribution in [3.8, 4) is 5.88 Å². The highest BCUT2D eigenvalue weighted by atomic mass is 16.5. The van der Waals surface area contributed by atoms with Crippen LogP contribution < -0.4 is 15.4 Å². The number of nitrogens with zero attached hydrogens (tertiary/aromatic N) is 4. The van der Waals surface area contributed by atoms with Crippen molar-refractivity contribution in [2.24, 2.45) is 5.73 Å². The first kappa shape index (κ1) is 12.1. The van der Waals surface area contributed by atoms with Gasteiger partial charge in [-0.05, 0) is 18.9 Å². The van der Waals surface area contributed by atoms with Crippen molar-refractivity contribution < 1.29 is 4.74 Å². The molecule has 1 aliphatic heterocycles. The molecule has 0 saturated carbocycles. The van der Waals surface area contributed by atoms with Gasteiger partial charge in [-0.15, -0.1) is 0 Å². The molecule has 6 heteroatoms. The van der Waals surface area contributed by atoms with Crippen LogP contribution in [0.3, 0.4) is 0 Å². The minimum atomic E-state index is 0.298. The second-order valence-electron chi connectivity index (χ2n) is 4.74. The van der Waals surface area contributed by atoms with Crippen LogP contribution in [0.5, 0.6) is 5.88 Å².